The Labute approximate surface area is 91.6 Å². The summed E-state index contributed by atoms with van der Waals surface area (Å²) in [5, 5.41) is 4.67. The van der Waals surface area contributed by atoms with Crippen LogP contribution in [0.5, 0.6) is 0 Å². The average molecular weight is 214 g/mol. The number of likely N-dealkylation sites (tertiary alicyclic amines) is 1. The van der Waals surface area contributed by atoms with Gasteiger partial charge in [0.05, 0.1) is 6.67 Å². The highest BCUT2D eigenvalue weighted by Crippen LogP contribution is 2.09. The van der Waals surface area contributed by atoms with Crippen LogP contribution in [0.15, 0.2) is 0 Å². The second-order valence-electron chi connectivity index (χ2n) is 4.11. The van der Waals surface area contributed by atoms with Crippen LogP contribution in [0.4, 0.5) is 0 Å². The summed E-state index contributed by atoms with van der Waals surface area (Å²) in [5.74, 6) is 5.69. The molecule has 0 aliphatic carbocycles. The van der Waals surface area contributed by atoms with Crippen molar-refractivity contribution in [3.63, 3.8) is 0 Å². The van der Waals surface area contributed by atoms with Crippen molar-refractivity contribution < 1.29 is 4.79 Å². The number of hydrogen-bond donors (Lipinski definition) is 2. The van der Waals surface area contributed by atoms with Gasteiger partial charge in [0.25, 0.3) is 0 Å². The number of nitrogens with zero attached hydrogens (tertiary/aromatic N) is 2. The fourth-order valence-corrected chi connectivity index (χ4v) is 1.75. The third-order valence-corrected chi connectivity index (χ3v) is 2.59. The number of carbonyl (C=O) groups excluding carboxylic acids is 1. The van der Waals surface area contributed by atoms with Gasteiger partial charge in [-0.3, -0.25) is 10.6 Å². The SMILES string of the molecule is CN(N)CNCCC(=O)N1CCCCC1. The lowest BCUT2D eigenvalue weighted by Gasteiger charge is -2.26. The molecule has 5 nitrogen and oxygen atoms in total. The Hall–Kier alpha value is -0.650. The quantitative estimate of drug-likeness (QED) is 0.286. The molecule has 1 aliphatic heterocycles. The molecule has 3 N–H and O–H groups in total. The maximum Gasteiger partial charge on any atom is 0.223 e. The van der Waals surface area contributed by atoms with Crippen molar-refractivity contribution in [3.8, 4) is 0 Å². The van der Waals surface area contributed by atoms with Gasteiger partial charge in [0.2, 0.25) is 5.91 Å². The van der Waals surface area contributed by atoms with E-state index in [2.05, 4.69) is 5.32 Å². The zero-order chi connectivity index (χ0) is 11.1. The average Bonchev–Trinajstić information content (AvgIpc) is 2.25. The smallest absolute Gasteiger partial charge is 0.223 e. The lowest BCUT2D eigenvalue weighted by atomic mass is 10.1. The summed E-state index contributed by atoms with van der Waals surface area (Å²) >= 11 is 0. The van der Waals surface area contributed by atoms with E-state index < -0.39 is 0 Å². The number of nitrogens with two attached hydrogens (primary N) is 1. The normalized spacial score (nSPS) is 17.1. The Bertz CT molecular complexity index is 190. The van der Waals surface area contributed by atoms with Crippen LogP contribution in [-0.2, 0) is 4.79 Å². The summed E-state index contributed by atoms with van der Waals surface area (Å²) in [6.07, 6.45) is 4.16. The van der Waals surface area contributed by atoms with Gasteiger partial charge >= 0.3 is 0 Å². The largest absolute Gasteiger partial charge is 0.343 e. The van der Waals surface area contributed by atoms with E-state index >= 15 is 0 Å². The fraction of sp³-hybridized carbons (Fsp3) is 0.900. The van der Waals surface area contributed by atoms with E-state index in [0.717, 1.165) is 25.9 Å². The number of carbonyl (C=O) groups is 1. The number of piperidine rings is 1. The first-order valence-corrected chi connectivity index (χ1v) is 5.64. The second kappa shape index (κ2) is 6.76. The topological polar surface area (TPSA) is 61.6 Å². The molecule has 0 unspecified atom stereocenters. The minimum absolute atomic E-state index is 0.266. The Morgan fingerprint density at radius 2 is 2.07 bits per heavy atom. The molecule has 1 amide bonds. The molecule has 5 heteroatoms. The highest BCUT2D eigenvalue weighted by atomic mass is 16.2. The molecule has 0 aromatic carbocycles. The summed E-state index contributed by atoms with van der Waals surface area (Å²) in [5.41, 5.74) is 0. The third kappa shape index (κ3) is 5.11. The van der Waals surface area contributed by atoms with E-state index in [0.29, 0.717) is 19.6 Å². The molecule has 0 atom stereocenters. The minimum Gasteiger partial charge on any atom is -0.343 e. The second-order valence-corrected chi connectivity index (χ2v) is 4.11. The van der Waals surface area contributed by atoms with Crippen LogP contribution >= 0.6 is 0 Å². The molecule has 0 radical (unpaired) electrons. The first kappa shape index (κ1) is 12.4. The van der Waals surface area contributed by atoms with Gasteiger partial charge in [0.15, 0.2) is 0 Å². The summed E-state index contributed by atoms with van der Waals surface area (Å²) < 4.78 is 0. The molecular weight excluding hydrogens is 192 g/mol. The van der Waals surface area contributed by atoms with Crippen molar-refractivity contribution in [2.24, 2.45) is 5.84 Å². The molecule has 1 heterocycles. The van der Waals surface area contributed by atoms with Crippen LogP contribution in [0, 0.1) is 0 Å². The summed E-state index contributed by atoms with van der Waals surface area (Å²) in [6, 6.07) is 0. The number of rotatable bonds is 5. The van der Waals surface area contributed by atoms with Crippen molar-refractivity contribution in [2.75, 3.05) is 33.4 Å². The van der Waals surface area contributed by atoms with Crippen molar-refractivity contribution in [2.45, 2.75) is 25.7 Å². The summed E-state index contributed by atoms with van der Waals surface area (Å²) in [7, 11) is 1.79. The Balaban J connectivity index is 2.07. The molecule has 0 spiro atoms. The van der Waals surface area contributed by atoms with Gasteiger partial charge in [-0.05, 0) is 19.3 Å². The molecule has 0 bridgehead atoms. The maximum atomic E-state index is 11.7. The van der Waals surface area contributed by atoms with E-state index in [4.69, 9.17) is 5.84 Å². The van der Waals surface area contributed by atoms with Gasteiger partial charge in [-0.15, -0.1) is 0 Å². The highest BCUT2D eigenvalue weighted by molar-refractivity contribution is 5.76. The molecule has 1 fully saturated rings. The lowest BCUT2D eigenvalue weighted by Crippen LogP contribution is -2.40. The monoisotopic (exact) mass is 214 g/mol. The van der Waals surface area contributed by atoms with Gasteiger partial charge in [0, 0.05) is 33.1 Å². The van der Waals surface area contributed by atoms with Crippen LogP contribution in [0.1, 0.15) is 25.7 Å². The van der Waals surface area contributed by atoms with Crippen molar-refractivity contribution in [1.29, 1.82) is 0 Å². The molecule has 1 saturated heterocycles. The first-order chi connectivity index (χ1) is 7.20. The maximum absolute atomic E-state index is 11.7. The van der Waals surface area contributed by atoms with Crippen molar-refractivity contribution in [1.82, 2.24) is 15.2 Å². The zero-order valence-electron chi connectivity index (χ0n) is 9.54. The number of nitrogens with one attached hydrogen (secondary N) is 1. The molecule has 88 valence electrons. The molecule has 1 rings (SSSR count). The van der Waals surface area contributed by atoms with E-state index in [1.165, 1.54) is 6.42 Å². The first-order valence-electron chi connectivity index (χ1n) is 5.64. The third-order valence-electron chi connectivity index (χ3n) is 2.59. The minimum atomic E-state index is 0.266. The van der Waals surface area contributed by atoms with Crippen LogP contribution in [-0.4, -0.2) is 49.2 Å². The van der Waals surface area contributed by atoms with Crippen molar-refractivity contribution in [3.05, 3.63) is 0 Å². The summed E-state index contributed by atoms with van der Waals surface area (Å²) in [6.45, 7) is 3.20. The number of amides is 1. The van der Waals surface area contributed by atoms with Crippen molar-refractivity contribution >= 4 is 5.91 Å². The van der Waals surface area contributed by atoms with Crippen LogP contribution in [0.3, 0.4) is 0 Å². The molecule has 0 aromatic rings. The number of hydrazine groups is 1. The van der Waals surface area contributed by atoms with E-state index in [1.807, 2.05) is 4.90 Å². The zero-order valence-corrected chi connectivity index (χ0v) is 9.54. The van der Waals surface area contributed by atoms with E-state index in [9.17, 15) is 4.79 Å². The van der Waals surface area contributed by atoms with Gasteiger partial charge < -0.3 is 10.2 Å². The Kier molecular flexibility index (Phi) is 5.60. The predicted octanol–water partition coefficient (Wildman–Crippen LogP) is -0.258. The van der Waals surface area contributed by atoms with E-state index in [-0.39, 0.29) is 5.91 Å². The van der Waals surface area contributed by atoms with Crippen LogP contribution in [0.2, 0.25) is 0 Å². The van der Waals surface area contributed by atoms with Gasteiger partial charge in [-0.25, -0.2) is 5.01 Å². The van der Waals surface area contributed by atoms with Gasteiger partial charge in [-0.2, -0.15) is 0 Å². The van der Waals surface area contributed by atoms with E-state index in [1.54, 1.807) is 12.1 Å². The standard InChI is InChI=1S/C10H22N4O/c1-13(11)9-12-6-5-10(15)14-7-3-2-4-8-14/h12H,2-9,11H2,1H3. The van der Waals surface area contributed by atoms with Crippen LogP contribution < -0.4 is 11.2 Å². The molecule has 0 saturated carbocycles. The lowest BCUT2D eigenvalue weighted by molar-refractivity contribution is -0.132. The molecular formula is C10H22N4O. The molecule has 0 aromatic heterocycles. The Morgan fingerprint density at radius 3 is 2.67 bits per heavy atom. The number of hydrogen-bond acceptors (Lipinski definition) is 4. The van der Waals surface area contributed by atoms with Gasteiger partial charge in [0.1, 0.15) is 0 Å². The predicted molar refractivity (Wildman–Crippen MR) is 59.9 cm³/mol. The van der Waals surface area contributed by atoms with Gasteiger partial charge in [-0.1, -0.05) is 0 Å². The molecule has 15 heavy (non-hydrogen) atoms. The Morgan fingerprint density at radius 1 is 1.40 bits per heavy atom. The van der Waals surface area contributed by atoms with Crippen LogP contribution in [0.25, 0.3) is 0 Å². The summed E-state index contributed by atoms with van der Waals surface area (Å²) in [4.78, 5) is 13.7. The molecule has 1 aliphatic rings. The highest BCUT2D eigenvalue weighted by Gasteiger charge is 2.15. The fourth-order valence-electron chi connectivity index (χ4n) is 1.75.